The fourth-order valence-electron chi connectivity index (χ4n) is 1.75. The summed E-state index contributed by atoms with van der Waals surface area (Å²) in [5.41, 5.74) is 6.71. The SMILES string of the molecule is Cc1cccc(NNc2ccc([N+](=O)[O-])cc2[N+](=O)[O-])c1. The summed E-state index contributed by atoms with van der Waals surface area (Å²) in [4.78, 5) is 20.3. The molecule has 0 saturated carbocycles. The van der Waals surface area contributed by atoms with Crippen LogP contribution in [0.2, 0.25) is 0 Å². The summed E-state index contributed by atoms with van der Waals surface area (Å²) in [6.07, 6.45) is 0. The molecule has 0 aliphatic heterocycles. The zero-order chi connectivity index (χ0) is 15.4. The second-order valence-corrected chi connectivity index (χ2v) is 4.34. The van der Waals surface area contributed by atoms with Gasteiger partial charge >= 0.3 is 5.69 Å². The first kappa shape index (κ1) is 14.3. The standard InChI is InChI=1S/C13H12N4O4/c1-9-3-2-4-10(7-9)14-15-12-6-5-11(16(18)19)8-13(12)17(20)21/h2-8,14-15H,1H3. The van der Waals surface area contributed by atoms with Gasteiger partial charge in [0.15, 0.2) is 0 Å². The van der Waals surface area contributed by atoms with E-state index in [1.807, 2.05) is 25.1 Å². The summed E-state index contributed by atoms with van der Waals surface area (Å²) in [5.74, 6) is 0. The van der Waals surface area contributed by atoms with Gasteiger partial charge < -0.3 is 5.43 Å². The Morgan fingerprint density at radius 2 is 1.71 bits per heavy atom. The van der Waals surface area contributed by atoms with Crippen LogP contribution in [0.1, 0.15) is 5.56 Å². The number of anilines is 2. The molecule has 0 aliphatic rings. The molecule has 21 heavy (non-hydrogen) atoms. The van der Waals surface area contributed by atoms with Gasteiger partial charge in [0, 0.05) is 6.07 Å². The minimum Gasteiger partial charge on any atom is -0.301 e. The Labute approximate surface area is 119 Å². The number of rotatable bonds is 5. The molecule has 2 N–H and O–H groups in total. The maximum absolute atomic E-state index is 11.0. The lowest BCUT2D eigenvalue weighted by Crippen LogP contribution is -2.10. The predicted molar refractivity (Wildman–Crippen MR) is 78.2 cm³/mol. The van der Waals surface area contributed by atoms with Gasteiger partial charge in [0.2, 0.25) is 0 Å². The van der Waals surface area contributed by atoms with Crippen molar-refractivity contribution < 1.29 is 9.85 Å². The molecular formula is C13H12N4O4. The molecule has 0 fully saturated rings. The summed E-state index contributed by atoms with van der Waals surface area (Å²) < 4.78 is 0. The van der Waals surface area contributed by atoms with Crippen LogP contribution in [0.25, 0.3) is 0 Å². The van der Waals surface area contributed by atoms with Gasteiger partial charge in [0.1, 0.15) is 5.69 Å². The van der Waals surface area contributed by atoms with E-state index in [9.17, 15) is 20.2 Å². The average Bonchev–Trinajstić information content (AvgIpc) is 2.44. The third-order valence-corrected chi connectivity index (χ3v) is 2.75. The molecule has 0 radical (unpaired) electrons. The van der Waals surface area contributed by atoms with Crippen LogP contribution in [0.5, 0.6) is 0 Å². The van der Waals surface area contributed by atoms with Gasteiger partial charge in [-0.15, -0.1) is 0 Å². The molecule has 0 saturated heterocycles. The number of hydrogen-bond donors (Lipinski definition) is 2. The molecule has 0 aromatic heterocycles. The van der Waals surface area contributed by atoms with E-state index in [0.29, 0.717) is 0 Å². The number of hydrazine groups is 1. The molecule has 8 nitrogen and oxygen atoms in total. The number of aryl methyl sites for hydroxylation is 1. The summed E-state index contributed by atoms with van der Waals surface area (Å²) in [6.45, 7) is 1.92. The van der Waals surface area contributed by atoms with E-state index in [1.54, 1.807) is 6.07 Å². The lowest BCUT2D eigenvalue weighted by Gasteiger charge is -2.10. The smallest absolute Gasteiger partial charge is 0.300 e. The Hall–Kier alpha value is -3.16. The van der Waals surface area contributed by atoms with E-state index in [1.165, 1.54) is 12.1 Å². The fourth-order valence-corrected chi connectivity index (χ4v) is 1.75. The number of non-ortho nitro benzene ring substituents is 1. The molecule has 0 amide bonds. The van der Waals surface area contributed by atoms with Gasteiger partial charge in [-0.3, -0.25) is 25.7 Å². The Bertz CT molecular complexity index is 702. The van der Waals surface area contributed by atoms with E-state index in [0.717, 1.165) is 17.3 Å². The number of hydrogen-bond acceptors (Lipinski definition) is 6. The van der Waals surface area contributed by atoms with E-state index in [-0.39, 0.29) is 17.1 Å². The van der Waals surface area contributed by atoms with Crippen LogP contribution in [-0.4, -0.2) is 9.85 Å². The molecule has 0 aliphatic carbocycles. The summed E-state index contributed by atoms with van der Waals surface area (Å²) in [5, 5.41) is 21.6. The van der Waals surface area contributed by atoms with E-state index < -0.39 is 9.85 Å². The van der Waals surface area contributed by atoms with Crippen molar-refractivity contribution in [3.05, 3.63) is 68.3 Å². The molecule has 0 bridgehead atoms. The van der Waals surface area contributed by atoms with Crippen LogP contribution in [0.15, 0.2) is 42.5 Å². The number of nitro benzene ring substituents is 2. The third kappa shape index (κ3) is 3.44. The molecule has 0 spiro atoms. The molecule has 0 unspecified atom stereocenters. The highest BCUT2D eigenvalue weighted by Crippen LogP contribution is 2.28. The van der Waals surface area contributed by atoms with Crippen LogP contribution in [0.4, 0.5) is 22.7 Å². The summed E-state index contributed by atoms with van der Waals surface area (Å²) in [7, 11) is 0. The largest absolute Gasteiger partial charge is 0.301 e. The topological polar surface area (TPSA) is 110 Å². The van der Waals surface area contributed by atoms with E-state index in [4.69, 9.17) is 0 Å². The number of nitrogens with zero attached hydrogens (tertiary/aromatic N) is 2. The molecule has 8 heteroatoms. The van der Waals surface area contributed by atoms with Crippen molar-refractivity contribution in [2.45, 2.75) is 6.92 Å². The van der Waals surface area contributed by atoms with Gasteiger partial charge in [-0.05, 0) is 30.7 Å². The first-order valence-corrected chi connectivity index (χ1v) is 5.99. The normalized spacial score (nSPS) is 9.95. The van der Waals surface area contributed by atoms with Gasteiger partial charge in [-0.1, -0.05) is 12.1 Å². The lowest BCUT2D eigenvalue weighted by atomic mass is 10.2. The highest BCUT2D eigenvalue weighted by molar-refractivity contribution is 5.67. The molecule has 0 heterocycles. The Kier molecular flexibility index (Phi) is 3.98. The third-order valence-electron chi connectivity index (χ3n) is 2.75. The zero-order valence-electron chi connectivity index (χ0n) is 11.1. The summed E-state index contributed by atoms with van der Waals surface area (Å²) >= 11 is 0. The molecule has 108 valence electrons. The van der Waals surface area contributed by atoms with Crippen LogP contribution < -0.4 is 10.9 Å². The average molecular weight is 288 g/mol. The van der Waals surface area contributed by atoms with Crippen LogP contribution in [0, 0.1) is 27.2 Å². The van der Waals surface area contributed by atoms with Gasteiger partial charge in [-0.2, -0.15) is 0 Å². The molecule has 2 rings (SSSR count). The minimum atomic E-state index is -0.676. The van der Waals surface area contributed by atoms with E-state index in [2.05, 4.69) is 10.9 Å². The number of benzene rings is 2. The van der Waals surface area contributed by atoms with Crippen LogP contribution in [-0.2, 0) is 0 Å². The van der Waals surface area contributed by atoms with Gasteiger partial charge in [0.25, 0.3) is 5.69 Å². The minimum absolute atomic E-state index is 0.145. The van der Waals surface area contributed by atoms with E-state index >= 15 is 0 Å². The van der Waals surface area contributed by atoms with Gasteiger partial charge in [-0.25, -0.2) is 0 Å². The van der Waals surface area contributed by atoms with Crippen molar-refractivity contribution in [3.63, 3.8) is 0 Å². The number of nitro groups is 2. The predicted octanol–water partition coefficient (Wildman–Crippen LogP) is 3.25. The van der Waals surface area contributed by atoms with Crippen molar-refractivity contribution in [2.75, 3.05) is 10.9 Å². The van der Waals surface area contributed by atoms with Crippen molar-refractivity contribution in [2.24, 2.45) is 0 Å². The van der Waals surface area contributed by atoms with Crippen molar-refractivity contribution in [1.82, 2.24) is 0 Å². The Morgan fingerprint density at radius 1 is 0.952 bits per heavy atom. The van der Waals surface area contributed by atoms with Crippen molar-refractivity contribution >= 4 is 22.7 Å². The first-order chi connectivity index (χ1) is 9.97. The Balaban J connectivity index is 2.23. The van der Waals surface area contributed by atoms with Crippen molar-refractivity contribution in [3.8, 4) is 0 Å². The molecule has 0 atom stereocenters. The molecule has 2 aromatic carbocycles. The first-order valence-electron chi connectivity index (χ1n) is 5.99. The highest BCUT2D eigenvalue weighted by Gasteiger charge is 2.19. The molecule has 2 aromatic rings. The number of nitrogens with one attached hydrogen (secondary N) is 2. The second-order valence-electron chi connectivity index (χ2n) is 4.34. The highest BCUT2D eigenvalue weighted by atomic mass is 16.6. The van der Waals surface area contributed by atoms with Gasteiger partial charge in [0.05, 0.1) is 21.6 Å². The summed E-state index contributed by atoms with van der Waals surface area (Å²) in [6, 6.07) is 10.8. The van der Waals surface area contributed by atoms with Crippen LogP contribution >= 0.6 is 0 Å². The quantitative estimate of drug-likeness (QED) is 0.645. The molecular weight excluding hydrogens is 276 g/mol. The maximum atomic E-state index is 11.0. The fraction of sp³-hybridized carbons (Fsp3) is 0.0769. The maximum Gasteiger partial charge on any atom is 0.300 e. The van der Waals surface area contributed by atoms with Crippen molar-refractivity contribution in [1.29, 1.82) is 0 Å². The Morgan fingerprint density at radius 3 is 2.33 bits per heavy atom. The van der Waals surface area contributed by atoms with Crippen LogP contribution in [0.3, 0.4) is 0 Å². The second kappa shape index (κ2) is 5.87. The zero-order valence-corrected chi connectivity index (χ0v) is 11.1. The monoisotopic (exact) mass is 288 g/mol. The lowest BCUT2D eigenvalue weighted by molar-refractivity contribution is -0.393.